The van der Waals surface area contributed by atoms with Crippen molar-refractivity contribution in [1.82, 2.24) is 0 Å². The smallest absolute Gasteiger partial charge is 0.0682 e. The third-order valence-electron chi connectivity index (χ3n) is 1.92. The largest absolute Gasteiger partial charge is 0.393 e. The molecular formula is C11H24OSi. The summed E-state index contributed by atoms with van der Waals surface area (Å²) in [6.45, 7) is 9.08. The van der Waals surface area contributed by atoms with E-state index in [2.05, 4.69) is 38.3 Å². The fourth-order valence-corrected chi connectivity index (χ4v) is 1.98. The van der Waals surface area contributed by atoms with E-state index in [0.717, 1.165) is 19.3 Å². The summed E-state index contributed by atoms with van der Waals surface area (Å²) >= 11 is 0. The number of rotatable bonds is 6. The molecule has 0 saturated carbocycles. The summed E-state index contributed by atoms with van der Waals surface area (Å²) in [5.41, 5.74) is 2.31. The Kier molecular flexibility index (Phi) is 6.34. The first-order valence-electron chi connectivity index (χ1n) is 5.31. The highest BCUT2D eigenvalue weighted by Crippen LogP contribution is 2.07. The third kappa shape index (κ3) is 9.83. The molecule has 0 spiro atoms. The van der Waals surface area contributed by atoms with Gasteiger partial charge >= 0.3 is 0 Å². The first-order valence-corrected chi connectivity index (χ1v) is 8.89. The van der Waals surface area contributed by atoms with Gasteiger partial charge in [0.05, 0.1) is 14.2 Å². The molecule has 1 atom stereocenters. The zero-order valence-corrected chi connectivity index (χ0v) is 10.5. The van der Waals surface area contributed by atoms with Crippen LogP contribution in [-0.2, 0) is 0 Å². The molecule has 0 fully saturated rings. The Labute approximate surface area is 83.9 Å². The van der Waals surface area contributed by atoms with Gasteiger partial charge in [0.15, 0.2) is 0 Å². The quantitative estimate of drug-likeness (QED) is 0.652. The number of hydrogen-bond donors (Lipinski definition) is 1. The van der Waals surface area contributed by atoms with Crippen molar-refractivity contribution in [2.45, 2.75) is 58.4 Å². The molecule has 0 rings (SSSR count). The second-order valence-electron chi connectivity index (χ2n) is 4.80. The highest BCUT2D eigenvalue weighted by Gasteiger charge is 2.07. The fourth-order valence-electron chi connectivity index (χ4n) is 1.14. The van der Waals surface area contributed by atoms with Crippen molar-refractivity contribution in [2.75, 3.05) is 0 Å². The highest BCUT2D eigenvalue weighted by atomic mass is 28.3. The molecule has 0 radical (unpaired) electrons. The van der Waals surface area contributed by atoms with Crippen LogP contribution in [0.15, 0.2) is 11.8 Å². The first kappa shape index (κ1) is 12.9. The molecule has 0 heterocycles. The molecule has 0 saturated heterocycles. The van der Waals surface area contributed by atoms with Gasteiger partial charge in [-0.15, -0.1) is 0 Å². The van der Waals surface area contributed by atoms with Gasteiger partial charge in [0, 0.05) is 0 Å². The lowest BCUT2D eigenvalue weighted by atomic mass is 10.1. The Morgan fingerprint density at radius 1 is 1.31 bits per heavy atom. The maximum Gasteiger partial charge on any atom is 0.0682 e. The molecule has 13 heavy (non-hydrogen) atoms. The van der Waals surface area contributed by atoms with Crippen LogP contribution in [0.3, 0.4) is 0 Å². The predicted molar refractivity (Wildman–Crippen MR) is 62.6 cm³/mol. The molecule has 0 aliphatic carbocycles. The summed E-state index contributed by atoms with van der Waals surface area (Å²) in [4.78, 5) is 0. The Bertz CT molecular complexity index is 147. The van der Waals surface area contributed by atoms with Gasteiger partial charge in [-0.25, -0.2) is 0 Å². The van der Waals surface area contributed by atoms with E-state index in [1.807, 2.05) is 0 Å². The summed E-state index contributed by atoms with van der Waals surface area (Å²) in [6, 6.07) is 0. The normalized spacial score (nSPS) is 15.2. The summed E-state index contributed by atoms with van der Waals surface area (Å²) in [7, 11) is -1.05. The third-order valence-corrected chi connectivity index (χ3v) is 3.15. The Morgan fingerprint density at radius 3 is 2.38 bits per heavy atom. The summed E-state index contributed by atoms with van der Waals surface area (Å²) < 4.78 is 0. The maximum absolute atomic E-state index is 9.54. The van der Waals surface area contributed by atoms with Crippen LogP contribution in [0.1, 0.15) is 32.6 Å². The van der Waals surface area contributed by atoms with Gasteiger partial charge in [0.1, 0.15) is 0 Å². The number of hydrogen-bond acceptors (Lipinski definition) is 1. The van der Waals surface area contributed by atoms with Gasteiger partial charge in [0.2, 0.25) is 0 Å². The predicted octanol–water partition coefficient (Wildman–Crippen LogP) is 3.36. The molecule has 0 amide bonds. The van der Waals surface area contributed by atoms with Crippen molar-refractivity contribution in [3.05, 3.63) is 11.8 Å². The lowest BCUT2D eigenvalue weighted by Gasteiger charge is -2.10. The van der Waals surface area contributed by atoms with Crippen molar-refractivity contribution >= 4 is 8.07 Å². The Hall–Kier alpha value is -0.0831. The SMILES string of the molecule is CCCC[C@H](O)C/C=C/[Si](C)(C)C. The maximum atomic E-state index is 9.54. The van der Waals surface area contributed by atoms with E-state index in [-0.39, 0.29) is 6.10 Å². The molecule has 0 aromatic heterocycles. The van der Waals surface area contributed by atoms with Crippen molar-refractivity contribution < 1.29 is 5.11 Å². The lowest BCUT2D eigenvalue weighted by molar-refractivity contribution is 0.164. The lowest BCUT2D eigenvalue weighted by Crippen LogP contribution is -2.16. The molecule has 0 aromatic carbocycles. The van der Waals surface area contributed by atoms with E-state index in [4.69, 9.17) is 0 Å². The van der Waals surface area contributed by atoms with E-state index >= 15 is 0 Å². The first-order chi connectivity index (χ1) is 5.95. The van der Waals surface area contributed by atoms with Gasteiger partial charge in [-0.3, -0.25) is 0 Å². The van der Waals surface area contributed by atoms with E-state index in [0.29, 0.717) is 0 Å². The average molecular weight is 200 g/mol. The molecule has 2 heteroatoms. The monoisotopic (exact) mass is 200 g/mol. The van der Waals surface area contributed by atoms with E-state index in [9.17, 15) is 5.11 Å². The standard InChI is InChI=1S/C11H24OSi/c1-5-6-8-11(12)9-7-10-13(2,3)4/h7,10-12H,5-6,8-9H2,1-4H3/b10-7+/t11-/m0/s1. The second kappa shape index (κ2) is 6.38. The van der Waals surface area contributed by atoms with Crippen LogP contribution in [0.5, 0.6) is 0 Å². The Morgan fingerprint density at radius 2 is 1.92 bits per heavy atom. The zero-order chi connectivity index (χ0) is 10.3. The topological polar surface area (TPSA) is 20.2 Å². The Balaban J connectivity index is 3.57. The van der Waals surface area contributed by atoms with E-state index in [1.54, 1.807) is 0 Å². The van der Waals surface area contributed by atoms with Gasteiger partial charge in [-0.05, 0) is 12.8 Å². The van der Waals surface area contributed by atoms with Crippen LogP contribution in [-0.4, -0.2) is 19.3 Å². The fraction of sp³-hybridized carbons (Fsp3) is 0.818. The minimum absolute atomic E-state index is 0.118. The molecule has 0 aliphatic rings. The van der Waals surface area contributed by atoms with Gasteiger partial charge in [0.25, 0.3) is 0 Å². The van der Waals surface area contributed by atoms with Gasteiger partial charge in [-0.2, -0.15) is 0 Å². The van der Waals surface area contributed by atoms with Crippen molar-refractivity contribution in [3.8, 4) is 0 Å². The number of aliphatic hydroxyl groups excluding tert-OH is 1. The summed E-state index contributed by atoms with van der Waals surface area (Å²) in [6.07, 6.45) is 6.15. The molecule has 0 aliphatic heterocycles. The van der Waals surface area contributed by atoms with Crippen molar-refractivity contribution in [1.29, 1.82) is 0 Å². The highest BCUT2D eigenvalue weighted by molar-refractivity contribution is 6.80. The minimum Gasteiger partial charge on any atom is -0.393 e. The summed E-state index contributed by atoms with van der Waals surface area (Å²) in [5.74, 6) is 0. The summed E-state index contributed by atoms with van der Waals surface area (Å²) in [5, 5.41) is 9.54. The van der Waals surface area contributed by atoms with Crippen molar-refractivity contribution in [2.24, 2.45) is 0 Å². The molecule has 78 valence electrons. The van der Waals surface area contributed by atoms with Crippen molar-refractivity contribution in [3.63, 3.8) is 0 Å². The van der Waals surface area contributed by atoms with Crippen LogP contribution in [0.25, 0.3) is 0 Å². The number of aliphatic hydroxyl groups is 1. The molecule has 1 nitrogen and oxygen atoms in total. The molecule has 0 bridgehead atoms. The van der Waals surface area contributed by atoms with Crippen LogP contribution in [0, 0.1) is 0 Å². The molecule has 0 unspecified atom stereocenters. The van der Waals surface area contributed by atoms with Crippen LogP contribution in [0.2, 0.25) is 19.6 Å². The van der Waals surface area contributed by atoms with Crippen LogP contribution in [0.4, 0.5) is 0 Å². The van der Waals surface area contributed by atoms with E-state index in [1.165, 1.54) is 6.42 Å². The molecule has 0 aromatic rings. The second-order valence-corrected chi connectivity index (χ2v) is 9.87. The van der Waals surface area contributed by atoms with E-state index < -0.39 is 8.07 Å². The molecule has 1 N–H and O–H groups in total. The number of unbranched alkanes of at least 4 members (excludes halogenated alkanes) is 1. The zero-order valence-electron chi connectivity index (χ0n) is 9.51. The van der Waals surface area contributed by atoms with Gasteiger partial charge < -0.3 is 5.11 Å². The average Bonchev–Trinajstić information content (AvgIpc) is 1.98. The van der Waals surface area contributed by atoms with Gasteiger partial charge in [-0.1, -0.05) is 51.2 Å². The minimum atomic E-state index is -1.05. The van der Waals surface area contributed by atoms with Crippen LogP contribution >= 0.6 is 0 Å². The van der Waals surface area contributed by atoms with Crippen LogP contribution < -0.4 is 0 Å². The molecular weight excluding hydrogens is 176 g/mol.